The van der Waals surface area contributed by atoms with Crippen molar-refractivity contribution in [2.45, 2.75) is 57.3 Å². The number of allylic oxidation sites excluding steroid dienone is 9. The van der Waals surface area contributed by atoms with Crippen LogP contribution in [0.2, 0.25) is 0 Å². The van der Waals surface area contributed by atoms with Crippen LogP contribution < -0.4 is 0 Å². The highest BCUT2D eigenvalue weighted by Gasteiger charge is 2.35. The molecule has 0 fully saturated rings. The van der Waals surface area contributed by atoms with Gasteiger partial charge < -0.3 is 4.57 Å². The van der Waals surface area contributed by atoms with Gasteiger partial charge in [0.25, 0.3) is 0 Å². The van der Waals surface area contributed by atoms with E-state index in [1.807, 2.05) is 72.8 Å². The van der Waals surface area contributed by atoms with E-state index in [4.69, 9.17) is 0 Å². The molecule has 5 aliphatic carbocycles. The largest absolute Gasteiger partial charge is 0.347 e. The average molecular weight is 788 g/mol. The lowest BCUT2D eigenvalue weighted by Gasteiger charge is -2.22. The van der Waals surface area contributed by atoms with Gasteiger partial charge in [0.05, 0.1) is 0 Å². The number of aromatic nitrogens is 1. The molecule has 1 aromatic heterocycles. The Labute approximate surface area is 362 Å². The summed E-state index contributed by atoms with van der Waals surface area (Å²) in [5.74, 6) is 7.50. The summed E-state index contributed by atoms with van der Waals surface area (Å²) in [6, 6.07) is 58.0. The summed E-state index contributed by atoms with van der Waals surface area (Å²) in [5.41, 5.74) is 19.6. The molecule has 298 valence electrons. The minimum atomic E-state index is 0.247. The van der Waals surface area contributed by atoms with Gasteiger partial charge in [0.1, 0.15) is 0 Å². The Morgan fingerprint density at radius 1 is 0.607 bits per heavy atom. The van der Waals surface area contributed by atoms with Crippen LogP contribution in [0.3, 0.4) is 0 Å². The maximum absolute atomic E-state index is 3.59. The highest BCUT2D eigenvalue weighted by molar-refractivity contribution is 5.95. The summed E-state index contributed by atoms with van der Waals surface area (Å²) in [7, 11) is 2.24. The summed E-state index contributed by atoms with van der Waals surface area (Å²) in [5, 5.41) is 1.37. The third-order valence-corrected chi connectivity index (χ3v) is 12.7. The first kappa shape index (κ1) is 39.6. The quantitative estimate of drug-likeness (QED) is 0.157. The molecule has 1 heterocycles. The van der Waals surface area contributed by atoms with Crippen LogP contribution in [0.5, 0.6) is 0 Å². The van der Waals surface area contributed by atoms with Crippen molar-refractivity contribution in [3.8, 4) is 23.0 Å². The number of nitrogens with zero attached hydrogens (tertiary/aromatic N) is 1. The number of benzene rings is 6. The van der Waals surface area contributed by atoms with Crippen LogP contribution in [0.15, 0.2) is 211 Å². The zero-order chi connectivity index (χ0) is 41.4. The maximum Gasteiger partial charge on any atom is 0.0486 e. The maximum atomic E-state index is 3.59. The SMILES string of the molecule is CCC1=CC=CCC1.Cn1c2c(c3cc(C4c5ccccc5-c5ccccc54)ccc31)C=C(C1C3=C(C=CCC#C3)c3ccccc31)CC2.c1ccccc1.c1ccccc1. The molecule has 0 bridgehead atoms. The molecule has 1 atom stereocenters. The van der Waals surface area contributed by atoms with Crippen molar-refractivity contribution >= 4 is 22.6 Å². The van der Waals surface area contributed by atoms with Gasteiger partial charge in [0.2, 0.25) is 0 Å². The zero-order valence-corrected chi connectivity index (χ0v) is 35.4. The van der Waals surface area contributed by atoms with Crippen molar-refractivity contribution < 1.29 is 0 Å². The monoisotopic (exact) mass is 787 g/mol. The van der Waals surface area contributed by atoms with Gasteiger partial charge in [0, 0.05) is 53.0 Å². The number of fused-ring (bicyclic) bond motifs is 8. The van der Waals surface area contributed by atoms with Gasteiger partial charge in [0.15, 0.2) is 0 Å². The van der Waals surface area contributed by atoms with Crippen molar-refractivity contribution in [2.24, 2.45) is 7.05 Å². The molecular weight excluding hydrogens is 735 g/mol. The van der Waals surface area contributed by atoms with Gasteiger partial charge in [-0.15, -0.1) is 0 Å². The molecule has 1 unspecified atom stereocenters. The molecule has 7 aromatic rings. The van der Waals surface area contributed by atoms with Crippen molar-refractivity contribution in [3.63, 3.8) is 0 Å². The van der Waals surface area contributed by atoms with Crippen LogP contribution in [0.4, 0.5) is 0 Å². The standard InChI is InChI=1S/C40H29N.C8H12.2C6H6/c1-41-37-21-19-25(39-31-15-4-2-3-11-27(31)28-12-5-8-16-32(28)39)23-35(37)36-24-26(20-22-38(36)41)40-33-17-9-6-13-29(33)30-14-7-10-18-34(30)40;1-2-8-6-4-3-5-7-8;2*1-2-4-6-5-3-1/h3,5-14,16-18,20,22-24,39-40H,2,19,21H2,1H3;3-4,6H,2,5,7H2,1H3;2*1-6H. The number of rotatable bonds is 3. The Bertz CT molecular complexity index is 2750. The number of hydrogen-bond donors (Lipinski definition) is 0. The average Bonchev–Trinajstić information content (AvgIpc) is 3.86. The van der Waals surface area contributed by atoms with E-state index in [9.17, 15) is 0 Å². The van der Waals surface area contributed by atoms with E-state index < -0.39 is 0 Å². The molecule has 0 saturated carbocycles. The van der Waals surface area contributed by atoms with Crippen LogP contribution >= 0.6 is 0 Å². The third kappa shape index (κ3) is 8.20. The van der Waals surface area contributed by atoms with E-state index in [0.29, 0.717) is 0 Å². The summed E-state index contributed by atoms with van der Waals surface area (Å²) in [6.45, 7) is 2.21. The van der Waals surface area contributed by atoms with E-state index in [-0.39, 0.29) is 11.8 Å². The van der Waals surface area contributed by atoms with Gasteiger partial charge >= 0.3 is 0 Å². The van der Waals surface area contributed by atoms with Crippen LogP contribution in [-0.4, -0.2) is 4.57 Å². The zero-order valence-electron chi connectivity index (χ0n) is 35.4. The van der Waals surface area contributed by atoms with E-state index in [1.165, 1.54) is 97.1 Å². The lowest BCUT2D eigenvalue weighted by atomic mass is 9.81. The van der Waals surface area contributed by atoms with Crippen molar-refractivity contribution in [3.05, 3.63) is 250 Å². The molecule has 0 spiro atoms. The van der Waals surface area contributed by atoms with Crippen LogP contribution in [0.25, 0.3) is 33.7 Å². The second kappa shape index (κ2) is 18.6. The minimum absolute atomic E-state index is 0.247. The fraction of sp³-hybridized carbons (Fsp3) is 0.167. The minimum Gasteiger partial charge on any atom is -0.347 e. The lowest BCUT2D eigenvalue weighted by Crippen LogP contribution is -2.09. The highest BCUT2D eigenvalue weighted by Crippen LogP contribution is 2.51. The molecule has 0 amide bonds. The molecule has 1 heteroatoms. The van der Waals surface area contributed by atoms with Crippen LogP contribution in [0, 0.1) is 11.8 Å². The summed E-state index contributed by atoms with van der Waals surface area (Å²) >= 11 is 0. The smallest absolute Gasteiger partial charge is 0.0486 e. The fourth-order valence-corrected chi connectivity index (χ4v) is 9.70. The first-order valence-electron chi connectivity index (χ1n) is 22.0. The Morgan fingerprint density at radius 3 is 1.77 bits per heavy atom. The summed E-state index contributed by atoms with van der Waals surface area (Å²) in [6.07, 6.45) is 20.3. The van der Waals surface area contributed by atoms with Crippen molar-refractivity contribution in [2.75, 3.05) is 0 Å². The lowest BCUT2D eigenvalue weighted by molar-refractivity contribution is 0.771. The molecule has 61 heavy (non-hydrogen) atoms. The first-order valence-corrected chi connectivity index (χ1v) is 22.0. The molecule has 0 saturated heterocycles. The molecule has 5 aliphatic rings. The molecule has 6 aromatic carbocycles. The van der Waals surface area contributed by atoms with Gasteiger partial charge in [-0.25, -0.2) is 0 Å². The number of aryl methyl sites for hydroxylation is 1. The van der Waals surface area contributed by atoms with Gasteiger partial charge in [-0.3, -0.25) is 0 Å². The molecule has 0 N–H and O–H groups in total. The molecule has 12 rings (SSSR count). The predicted molar refractivity (Wildman–Crippen MR) is 259 cm³/mol. The third-order valence-electron chi connectivity index (χ3n) is 12.7. The number of hydrogen-bond acceptors (Lipinski definition) is 0. The Hall–Kier alpha value is -6.88. The fourth-order valence-electron chi connectivity index (χ4n) is 9.70. The topological polar surface area (TPSA) is 4.93 Å². The molecule has 0 radical (unpaired) electrons. The normalized spacial score (nSPS) is 16.2. The molecule has 1 nitrogen and oxygen atoms in total. The Morgan fingerprint density at radius 2 is 1.20 bits per heavy atom. The van der Waals surface area contributed by atoms with E-state index in [1.54, 1.807) is 5.57 Å². The van der Waals surface area contributed by atoms with E-state index in [0.717, 1.165) is 19.3 Å². The van der Waals surface area contributed by atoms with Crippen LogP contribution in [0.1, 0.15) is 89.9 Å². The molecular formula is C60H53N. The second-order valence-corrected chi connectivity index (χ2v) is 16.2. The second-order valence-electron chi connectivity index (χ2n) is 16.2. The highest BCUT2D eigenvalue weighted by atomic mass is 14.9. The van der Waals surface area contributed by atoms with E-state index >= 15 is 0 Å². The van der Waals surface area contributed by atoms with Crippen LogP contribution in [-0.2, 0) is 13.5 Å². The van der Waals surface area contributed by atoms with E-state index in [2.05, 4.69) is 158 Å². The first-order chi connectivity index (χ1) is 30.2. The molecule has 0 aliphatic heterocycles. The van der Waals surface area contributed by atoms with Gasteiger partial charge in [-0.05, 0) is 88.8 Å². The predicted octanol–water partition coefficient (Wildman–Crippen LogP) is 15.2. The Kier molecular flexibility index (Phi) is 12.1. The van der Waals surface area contributed by atoms with Gasteiger partial charge in [-0.2, -0.15) is 0 Å². The van der Waals surface area contributed by atoms with Crippen molar-refractivity contribution in [1.82, 2.24) is 4.57 Å². The van der Waals surface area contributed by atoms with Crippen molar-refractivity contribution in [1.29, 1.82) is 0 Å². The summed E-state index contributed by atoms with van der Waals surface area (Å²) in [4.78, 5) is 0. The Balaban J connectivity index is 0.000000195. The van der Waals surface area contributed by atoms with Gasteiger partial charge in [-0.1, -0.05) is 218 Å². The summed E-state index contributed by atoms with van der Waals surface area (Å²) < 4.78 is 2.43.